The van der Waals surface area contributed by atoms with Crippen LogP contribution < -0.4 is 5.56 Å². The number of nitrogens with zero attached hydrogens (tertiary/aromatic N) is 3. The van der Waals surface area contributed by atoms with Crippen LogP contribution in [0.1, 0.15) is 60.1 Å². The van der Waals surface area contributed by atoms with Crippen LogP contribution in [0.25, 0.3) is 0 Å². The van der Waals surface area contributed by atoms with E-state index in [2.05, 4.69) is 4.98 Å². The summed E-state index contributed by atoms with van der Waals surface area (Å²) < 4.78 is 0. The van der Waals surface area contributed by atoms with E-state index in [-0.39, 0.29) is 29.3 Å². The number of thiophene rings is 1. The molecule has 8 heteroatoms. The van der Waals surface area contributed by atoms with E-state index in [0.29, 0.717) is 43.9 Å². The minimum absolute atomic E-state index is 0.0868. The fourth-order valence-electron chi connectivity index (χ4n) is 4.56. The molecule has 1 aliphatic carbocycles. The predicted molar refractivity (Wildman–Crippen MR) is 113 cm³/mol. The number of carbonyl (C=O) groups excluding carboxylic acids is 2. The Bertz CT molecular complexity index is 1010. The average Bonchev–Trinajstić information content (AvgIpc) is 3.50. The molecule has 2 amide bonds. The third kappa shape index (κ3) is 3.80. The monoisotopic (exact) mass is 426 g/mol. The highest BCUT2D eigenvalue weighted by atomic mass is 32.1. The van der Waals surface area contributed by atoms with Crippen LogP contribution in [-0.4, -0.2) is 44.7 Å². The van der Waals surface area contributed by atoms with Gasteiger partial charge >= 0.3 is 0 Å². The van der Waals surface area contributed by atoms with Gasteiger partial charge in [0.25, 0.3) is 5.56 Å². The maximum atomic E-state index is 13.0. The molecule has 0 unspecified atom stereocenters. The molecule has 4 heterocycles. The molecule has 1 atom stereocenters. The van der Waals surface area contributed by atoms with Crippen molar-refractivity contribution < 1.29 is 9.59 Å². The summed E-state index contributed by atoms with van der Waals surface area (Å²) in [6.45, 7) is 1.65. The lowest BCUT2D eigenvalue weighted by Crippen LogP contribution is -2.43. The summed E-state index contributed by atoms with van der Waals surface area (Å²) >= 11 is 1.59. The molecule has 3 aliphatic rings. The first kappa shape index (κ1) is 19.5. The molecule has 0 bridgehead atoms. The number of nitrogens with one attached hydrogen (secondary N) is 1. The largest absolute Gasteiger partial charge is 0.337 e. The van der Waals surface area contributed by atoms with Gasteiger partial charge in [0.1, 0.15) is 5.82 Å². The standard InChI is InChI=1S/C22H26N4O3S/c27-19(12-15-4-3-11-30-15)26-9-2-1-5-18(26)20-23-17-8-10-25(22(29)14-6-7-14)13-16(17)21(28)24-20/h3-4,11,14,18H,1-2,5-10,12-13H2,(H,23,24,28)/t18-/m0/s1. The number of likely N-dealkylation sites (tertiary alicyclic amines) is 1. The SMILES string of the molecule is O=C(C1CC1)N1CCc2nc([C@@H]3CCCCN3C(=O)Cc3cccs3)[nH]c(=O)c2C1. The quantitative estimate of drug-likeness (QED) is 0.814. The van der Waals surface area contributed by atoms with Crippen LogP contribution in [0.15, 0.2) is 22.3 Å². The first-order chi connectivity index (χ1) is 14.6. The molecular formula is C22H26N4O3S. The summed E-state index contributed by atoms with van der Waals surface area (Å²) in [6, 6.07) is 3.76. The van der Waals surface area contributed by atoms with E-state index in [9.17, 15) is 14.4 Å². The number of H-pyrrole nitrogens is 1. The van der Waals surface area contributed by atoms with E-state index in [1.54, 1.807) is 16.2 Å². The number of hydrogen-bond acceptors (Lipinski definition) is 5. The molecule has 0 aromatic carbocycles. The van der Waals surface area contributed by atoms with Gasteiger partial charge in [0, 0.05) is 30.3 Å². The van der Waals surface area contributed by atoms with E-state index in [4.69, 9.17) is 4.98 Å². The summed E-state index contributed by atoms with van der Waals surface area (Å²) in [5.74, 6) is 1.01. The van der Waals surface area contributed by atoms with Crippen LogP contribution in [0.4, 0.5) is 0 Å². The van der Waals surface area contributed by atoms with Gasteiger partial charge in [-0.2, -0.15) is 0 Å². The van der Waals surface area contributed by atoms with Crippen molar-refractivity contribution in [1.82, 2.24) is 19.8 Å². The molecule has 2 aliphatic heterocycles. The van der Waals surface area contributed by atoms with E-state index in [0.717, 1.165) is 42.7 Å². The Labute approximate surface area is 179 Å². The van der Waals surface area contributed by atoms with Crippen molar-refractivity contribution in [2.45, 2.75) is 57.5 Å². The van der Waals surface area contributed by atoms with Crippen LogP contribution >= 0.6 is 11.3 Å². The number of carbonyl (C=O) groups is 2. The normalized spacial score (nSPS) is 21.4. The molecule has 158 valence electrons. The lowest BCUT2D eigenvalue weighted by Gasteiger charge is -2.36. The summed E-state index contributed by atoms with van der Waals surface area (Å²) in [5, 5.41) is 1.98. The molecule has 1 saturated carbocycles. The molecular weight excluding hydrogens is 400 g/mol. The number of rotatable bonds is 4. The zero-order chi connectivity index (χ0) is 20.7. The van der Waals surface area contributed by atoms with Gasteiger partial charge in [-0.1, -0.05) is 6.07 Å². The summed E-state index contributed by atoms with van der Waals surface area (Å²) in [4.78, 5) is 50.7. The number of aromatic nitrogens is 2. The highest BCUT2D eigenvalue weighted by Gasteiger charge is 2.36. The highest BCUT2D eigenvalue weighted by molar-refractivity contribution is 7.10. The van der Waals surface area contributed by atoms with Gasteiger partial charge in [-0.3, -0.25) is 14.4 Å². The van der Waals surface area contributed by atoms with Gasteiger partial charge in [-0.05, 0) is 43.6 Å². The number of piperidine rings is 1. The van der Waals surface area contributed by atoms with Crippen LogP contribution in [0.2, 0.25) is 0 Å². The Hall–Kier alpha value is -2.48. The smallest absolute Gasteiger partial charge is 0.256 e. The minimum atomic E-state index is -0.185. The molecule has 1 saturated heterocycles. The van der Waals surface area contributed by atoms with Crippen molar-refractivity contribution in [3.8, 4) is 0 Å². The molecule has 7 nitrogen and oxygen atoms in total. The fraction of sp³-hybridized carbons (Fsp3) is 0.545. The number of hydrogen-bond donors (Lipinski definition) is 1. The van der Waals surface area contributed by atoms with E-state index >= 15 is 0 Å². The Morgan fingerprint density at radius 3 is 2.83 bits per heavy atom. The summed E-state index contributed by atoms with van der Waals surface area (Å²) in [7, 11) is 0. The first-order valence-electron chi connectivity index (χ1n) is 10.8. The molecule has 2 aromatic rings. The second kappa shape index (κ2) is 7.98. The minimum Gasteiger partial charge on any atom is -0.337 e. The lowest BCUT2D eigenvalue weighted by atomic mass is 9.99. The van der Waals surface area contributed by atoms with Gasteiger partial charge in [0.2, 0.25) is 11.8 Å². The van der Waals surface area contributed by atoms with Crippen LogP contribution in [-0.2, 0) is 29.0 Å². The van der Waals surface area contributed by atoms with E-state index in [1.807, 2.05) is 22.4 Å². The van der Waals surface area contributed by atoms with Gasteiger partial charge in [0.05, 0.1) is 30.3 Å². The van der Waals surface area contributed by atoms with Gasteiger partial charge in [-0.25, -0.2) is 4.98 Å². The van der Waals surface area contributed by atoms with Crippen molar-refractivity contribution in [1.29, 1.82) is 0 Å². The number of amides is 2. The topological polar surface area (TPSA) is 86.4 Å². The molecule has 30 heavy (non-hydrogen) atoms. The predicted octanol–water partition coefficient (Wildman–Crippen LogP) is 2.42. The molecule has 5 rings (SSSR count). The van der Waals surface area contributed by atoms with Crippen LogP contribution in [0.3, 0.4) is 0 Å². The van der Waals surface area contributed by atoms with Crippen molar-refractivity contribution in [3.63, 3.8) is 0 Å². The third-order valence-corrected chi connectivity index (χ3v) is 7.25. The zero-order valence-corrected chi connectivity index (χ0v) is 17.7. The Morgan fingerprint density at radius 2 is 2.07 bits per heavy atom. The van der Waals surface area contributed by atoms with Gasteiger partial charge in [-0.15, -0.1) is 11.3 Å². The van der Waals surface area contributed by atoms with Crippen molar-refractivity contribution in [2.24, 2.45) is 5.92 Å². The van der Waals surface area contributed by atoms with Crippen LogP contribution in [0, 0.1) is 5.92 Å². The fourth-order valence-corrected chi connectivity index (χ4v) is 5.25. The third-order valence-electron chi connectivity index (χ3n) is 6.37. The Balaban J connectivity index is 1.38. The van der Waals surface area contributed by atoms with E-state index < -0.39 is 0 Å². The molecule has 0 spiro atoms. The highest BCUT2D eigenvalue weighted by Crippen LogP contribution is 2.33. The zero-order valence-electron chi connectivity index (χ0n) is 16.9. The summed E-state index contributed by atoms with van der Waals surface area (Å²) in [5.41, 5.74) is 1.22. The number of fused-ring (bicyclic) bond motifs is 1. The van der Waals surface area contributed by atoms with E-state index in [1.165, 1.54) is 0 Å². The molecule has 2 fully saturated rings. The van der Waals surface area contributed by atoms with Crippen molar-refractivity contribution in [3.05, 3.63) is 49.8 Å². The number of aromatic amines is 1. The van der Waals surface area contributed by atoms with Crippen molar-refractivity contribution >= 4 is 23.2 Å². The van der Waals surface area contributed by atoms with Gasteiger partial charge < -0.3 is 14.8 Å². The van der Waals surface area contributed by atoms with Gasteiger partial charge in [0.15, 0.2) is 0 Å². The second-order valence-electron chi connectivity index (χ2n) is 8.52. The second-order valence-corrected chi connectivity index (χ2v) is 9.55. The Kier molecular flexibility index (Phi) is 5.18. The average molecular weight is 427 g/mol. The maximum absolute atomic E-state index is 13.0. The maximum Gasteiger partial charge on any atom is 0.256 e. The molecule has 2 aromatic heterocycles. The van der Waals surface area contributed by atoms with Crippen molar-refractivity contribution in [2.75, 3.05) is 13.1 Å². The van der Waals surface area contributed by atoms with Crippen LogP contribution in [0.5, 0.6) is 0 Å². The molecule has 1 N–H and O–H groups in total. The lowest BCUT2D eigenvalue weighted by molar-refractivity contribution is -0.135. The first-order valence-corrected chi connectivity index (χ1v) is 11.7. The summed E-state index contributed by atoms with van der Waals surface area (Å²) in [6.07, 6.45) is 5.71. The Morgan fingerprint density at radius 1 is 1.20 bits per heavy atom. The molecule has 0 radical (unpaired) electrons.